The zero-order valence-corrected chi connectivity index (χ0v) is 15.6. The second-order valence-electron chi connectivity index (χ2n) is 7.40. The molecule has 4 N–H and O–H groups in total. The van der Waals surface area contributed by atoms with Gasteiger partial charge in [0.2, 0.25) is 15.9 Å². The van der Waals surface area contributed by atoms with Crippen molar-refractivity contribution in [2.45, 2.75) is 67.8 Å². The van der Waals surface area contributed by atoms with E-state index in [4.69, 9.17) is 5.73 Å². The molecule has 1 amide bonds. The van der Waals surface area contributed by atoms with Crippen molar-refractivity contribution in [2.24, 2.45) is 11.7 Å². The lowest BCUT2D eigenvalue weighted by Gasteiger charge is -2.30. The van der Waals surface area contributed by atoms with Gasteiger partial charge in [-0.05, 0) is 44.1 Å². The number of amides is 1. The summed E-state index contributed by atoms with van der Waals surface area (Å²) < 4.78 is 54.6. The van der Waals surface area contributed by atoms with Crippen molar-refractivity contribution in [3.05, 3.63) is 10.4 Å². The van der Waals surface area contributed by atoms with Gasteiger partial charge in [-0.1, -0.05) is 0 Å². The molecule has 1 heterocycles. The lowest BCUT2D eigenvalue weighted by molar-refractivity contribution is -0.117. The number of aryl methyl sites for hydroxylation is 1. The predicted octanol–water partition coefficient (Wildman–Crippen LogP) is 1.64. The quantitative estimate of drug-likeness (QED) is 0.693. The molecule has 2 fully saturated rings. The van der Waals surface area contributed by atoms with Crippen LogP contribution < -0.4 is 15.8 Å². The molecule has 0 radical (unpaired) electrons. The maximum absolute atomic E-state index is 13.2. The van der Waals surface area contributed by atoms with Crippen LogP contribution in [-0.4, -0.2) is 38.8 Å². The monoisotopic (exact) mass is 405 g/mol. The summed E-state index contributed by atoms with van der Waals surface area (Å²) in [6.07, 6.45) is 0.123. The Morgan fingerprint density at radius 1 is 1.23 bits per heavy atom. The van der Waals surface area contributed by atoms with Crippen molar-refractivity contribution in [1.82, 2.24) is 4.72 Å². The molecule has 2 saturated carbocycles. The van der Waals surface area contributed by atoms with Crippen molar-refractivity contribution in [3.8, 4) is 0 Å². The van der Waals surface area contributed by atoms with Crippen LogP contribution in [-0.2, 0) is 27.7 Å². The fraction of sp³-hybridized carbons (Fsp3) is 0.688. The smallest absolute Gasteiger partial charge is 0.244 e. The molecule has 3 aliphatic carbocycles. The largest absolute Gasteiger partial charge is 0.327 e. The number of sulfonamides is 1. The molecule has 6 nitrogen and oxygen atoms in total. The van der Waals surface area contributed by atoms with Crippen LogP contribution in [0.4, 0.5) is 13.8 Å². The summed E-state index contributed by atoms with van der Waals surface area (Å²) in [7, 11) is -3.93. The van der Waals surface area contributed by atoms with Gasteiger partial charge >= 0.3 is 0 Å². The van der Waals surface area contributed by atoms with Gasteiger partial charge < -0.3 is 11.1 Å². The number of halogens is 2. The molecule has 0 aliphatic heterocycles. The summed E-state index contributed by atoms with van der Waals surface area (Å²) in [5.41, 5.74) is 6.63. The van der Waals surface area contributed by atoms with Gasteiger partial charge in [0.1, 0.15) is 22.2 Å². The van der Waals surface area contributed by atoms with E-state index >= 15 is 0 Å². The summed E-state index contributed by atoms with van der Waals surface area (Å²) in [6.45, 7) is 0. The van der Waals surface area contributed by atoms with Crippen LogP contribution in [0.2, 0.25) is 0 Å². The van der Waals surface area contributed by atoms with Crippen molar-refractivity contribution in [3.63, 3.8) is 0 Å². The molecule has 4 rings (SSSR count). The number of anilines is 1. The Morgan fingerprint density at radius 2 is 1.92 bits per heavy atom. The van der Waals surface area contributed by atoms with Crippen molar-refractivity contribution < 1.29 is 22.0 Å². The highest BCUT2D eigenvalue weighted by Gasteiger charge is 2.45. The molecule has 0 spiro atoms. The Morgan fingerprint density at radius 3 is 2.54 bits per heavy atom. The first-order valence-electron chi connectivity index (χ1n) is 8.76. The van der Waals surface area contributed by atoms with Crippen LogP contribution in [0.25, 0.3) is 0 Å². The Bertz CT molecular complexity index is 836. The molecular formula is C16H21F2N3O3S2. The van der Waals surface area contributed by atoms with Crippen LogP contribution >= 0.6 is 11.3 Å². The number of nitrogens with one attached hydrogen (secondary N) is 2. The summed E-state index contributed by atoms with van der Waals surface area (Å²) in [5.74, 6) is -1.21. The summed E-state index contributed by atoms with van der Waals surface area (Å²) in [4.78, 5) is 13.0. The van der Waals surface area contributed by atoms with Crippen molar-refractivity contribution in [1.29, 1.82) is 0 Å². The maximum Gasteiger partial charge on any atom is 0.244 e. The first-order valence-corrected chi connectivity index (χ1v) is 11.1. The minimum atomic E-state index is -3.93. The van der Waals surface area contributed by atoms with Gasteiger partial charge in [0.05, 0.1) is 5.92 Å². The third kappa shape index (κ3) is 3.39. The van der Waals surface area contributed by atoms with Gasteiger partial charge in [0, 0.05) is 17.0 Å². The first kappa shape index (κ1) is 18.3. The summed E-state index contributed by atoms with van der Waals surface area (Å²) in [6, 6.07) is -0.586. The van der Waals surface area contributed by atoms with Gasteiger partial charge in [-0.25, -0.2) is 21.9 Å². The fourth-order valence-corrected chi connectivity index (χ4v) is 6.75. The number of hydrogen-bond donors (Lipinski definition) is 3. The molecule has 3 aliphatic rings. The third-order valence-electron chi connectivity index (χ3n) is 5.21. The molecule has 0 bridgehead atoms. The average Bonchev–Trinajstić information content (AvgIpc) is 3.14. The topological polar surface area (TPSA) is 101 Å². The predicted molar refractivity (Wildman–Crippen MR) is 94.2 cm³/mol. The van der Waals surface area contributed by atoms with Gasteiger partial charge in [0.15, 0.2) is 0 Å². The highest BCUT2D eigenvalue weighted by atomic mass is 32.2. The van der Waals surface area contributed by atoms with Crippen LogP contribution in [0, 0.1) is 5.92 Å². The highest BCUT2D eigenvalue weighted by molar-refractivity contribution is 7.90. The van der Waals surface area contributed by atoms with Crippen LogP contribution in [0.3, 0.4) is 0 Å². The van der Waals surface area contributed by atoms with E-state index < -0.39 is 40.2 Å². The number of alkyl halides is 2. The highest BCUT2D eigenvalue weighted by Crippen LogP contribution is 2.43. The van der Waals surface area contributed by atoms with E-state index in [1.165, 1.54) is 11.3 Å². The molecule has 0 saturated heterocycles. The van der Waals surface area contributed by atoms with E-state index in [0.29, 0.717) is 18.4 Å². The van der Waals surface area contributed by atoms with E-state index in [1.807, 2.05) is 0 Å². The molecule has 144 valence electrons. The molecule has 26 heavy (non-hydrogen) atoms. The number of nitrogens with two attached hydrogens (primary N) is 1. The van der Waals surface area contributed by atoms with E-state index in [1.54, 1.807) is 0 Å². The zero-order chi connectivity index (χ0) is 18.6. The number of fused-ring (bicyclic) bond motifs is 1. The maximum atomic E-state index is 13.2. The molecule has 1 aromatic rings. The fourth-order valence-electron chi connectivity index (χ4n) is 3.51. The van der Waals surface area contributed by atoms with Crippen LogP contribution in [0.15, 0.2) is 4.90 Å². The Kier molecular flexibility index (Phi) is 4.57. The Labute approximate surface area is 154 Å². The second kappa shape index (κ2) is 6.50. The van der Waals surface area contributed by atoms with Crippen molar-refractivity contribution in [2.75, 3.05) is 5.32 Å². The van der Waals surface area contributed by atoms with Gasteiger partial charge in [-0.15, -0.1) is 11.3 Å². The minimum absolute atomic E-state index is 0.0272. The molecule has 0 unspecified atom stereocenters. The number of carbonyl (C=O) groups excluding carboxylic acids is 1. The zero-order valence-electron chi connectivity index (χ0n) is 14.0. The van der Waals surface area contributed by atoms with E-state index in [-0.39, 0.29) is 35.2 Å². The number of carbonyl (C=O) groups is 1. The Balaban J connectivity index is 1.66. The number of rotatable bonds is 5. The number of thiophene rings is 1. The normalized spacial score (nSPS) is 33.3. The molecular weight excluding hydrogens is 384 g/mol. The van der Waals surface area contributed by atoms with E-state index in [0.717, 1.165) is 11.3 Å². The SMILES string of the molecule is N[C@H]1CCc2sc(NC(=O)[C@H]3C[C@@H]3F)c(S(=O)(=O)N[C@H]3C[C@H](F)C3)c2C1. The van der Waals surface area contributed by atoms with Crippen LogP contribution in [0.5, 0.6) is 0 Å². The lowest BCUT2D eigenvalue weighted by Crippen LogP contribution is -2.45. The third-order valence-corrected chi connectivity index (χ3v) is 8.18. The molecule has 1 aromatic heterocycles. The summed E-state index contributed by atoms with van der Waals surface area (Å²) in [5, 5.41) is 2.82. The van der Waals surface area contributed by atoms with Crippen molar-refractivity contribution >= 4 is 32.3 Å². The second-order valence-corrected chi connectivity index (χ2v) is 10.2. The Hall–Kier alpha value is -1.10. The van der Waals surface area contributed by atoms with E-state index in [2.05, 4.69) is 10.0 Å². The average molecular weight is 405 g/mol. The van der Waals surface area contributed by atoms with E-state index in [9.17, 15) is 22.0 Å². The van der Waals surface area contributed by atoms with Gasteiger partial charge in [-0.3, -0.25) is 4.79 Å². The first-order chi connectivity index (χ1) is 12.2. The lowest BCUT2D eigenvalue weighted by atomic mass is 9.92. The minimum Gasteiger partial charge on any atom is -0.327 e. The standard InChI is InChI=1S/C16H21F2N3O3S2/c17-7-3-9(4-7)21-26(23,24)14-11-5-8(19)1-2-13(11)25-16(14)20-15(22)10-6-12(10)18/h7-10,12,21H,1-6,19H2,(H,20,22)/t7-,8-,9-,10-,12-/m0/s1. The van der Waals surface area contributed by atoms with Crippen LogP contribution in [0.1, 0.15) is 36.1 Å². The van der Waals surface area contributed by atoms with Gasteiger partial charge in [-0.2, -0.15) is 0 Å². The molecule has 10 heteroatoms. The van der Waals surface area contributed by atoms with Gasteiger partial charge in [0.25, 0.3) is 0 Å². The molecule has 0 aromatic carbocycles. The number of hydrogen-bond acceptors (Lipinski definition) is 5. The summed E-state index contributed by atoms with van der Waals surface area (Å²) >= 11 is 1.22. The molecule has 3 atom stereocenters.